The van der Waals surface area contributed by atoms with Gasteiger partial charge in [0, 0.05) is 26.4 Å². The number of hydrogen-bond acceptors (Lipinski definition) is 18. The number of rotatable bonds is 28. The number of carbonyl (C=O) groups excluding carboxylic acids is 4. The Labute approximate surface area is 371 Å². The molecule has 0 saturated heterocycles. The number of carboxylic acid groups (broad SMARTS) is 2. The summed E-state index contributed by atoms with van der Waals surface area (Å²) in [6, 6.07) is -7.32. The van der Waals surface area contributed by atoms with Crippen LogP contribution in [0, 0.1) is 0 Å². The van der Waals surface area contributed by atoms with Crippen LogP contribution < -0.4 is 43.4 Å². The first-order valence-corrected chi connectivity index (χ1v) is 21.1. The number of amides is 6. The molecular weight excluding hydrogens is 848 g/mol. The number of nitrogens with one attached hydrogen (secondary N) is 6. The second-order valence-electron chi connectivity index (χ2n) is 14.6. The van der Waals surface area contributed by atoms with E-state index in [2.05, 4.69) is 66.0 Å². The fourth-order valence-electron chi connectivity index (χ4n) is 5.05. The maximum absolute atomic E-state index is 12.3. The monoisotopic (exact) mass is 919 g/mol. The van der Waals surface area contributed by atoms with E-state index in [1.807, 2.05) is 0 Å². The number of carbonyl (C=O) groups is 6. The van der Waals surface area contributed by atoms with E-state index in [9.17, 15) is 39.0 Å². The Morgan fingerprint density at radius 3 is 1.64 bits per heavy atom. The highest BCUT2D eigenvalue weighted by Gasteiger charge is 2.29. The minimum Gasteiger partial charge on any atom is -0.480 e. The normalized spacial score (nSPS) is 14.0. The minimum absolute atomic E-state index is 0.0162. The summed E-state index contributed by atoms with van der Waals surface area (Å²) in [6.45, 7) is 8.76. The summed E-state index contributed by atoms with van der Waals surface area (Å²) in [6.07, 6.45) is 7.85. The molecule has 366 valence electrons. The average Bonchev–Trinajstić information content (AvgIpc) is 3.94. The standard InChI is InChI=1S/C19H34N6O7.C10H17N5O6.C9H19NO/c1-3-4-5-6-9-21-14(28)8-7-13(17-24-16(25-32-17)12(20)10-26)22-19(31)23-15(11(2)27)18(29)30;1-4(17)7(9(18)19)14-10(20)12-2-6-13-8(15-21-6)5(11)3-16;1-3-4-5-6-7-8-10-9(2)11/h11-13,15,26-27H,3-10,20H2,1-2H3,(H,21,28)(H,29,30)(H2,22,23,31);4-5,7,16-17H,2-3,11H2,1H3,(H,18,19)(H2,12,14,20);3-8H2,1-2H3,(H,10,11). The van der Waals surface area contributed by atoms with Gasteiger partial charge in [0.05, 0.1) is 44.1 Å². The van der Waals surface area contributed by atoms with Crippen LogP contribution in [0.5, 0.6) is 0 Å². The molecule has 0 fully saturated rings. The number of unbranched alkanes of at least 4 members (excludes halogenated alkanes) is 7. The van der Waals surface area contributed by atoms with Gasteiger partial charge in [-0.05, 0) is 33.1 Å². The van der Waals surface area contributed by atoms with Crippen LogP contribution in [0.3, 0.4) is 0 Å². The van der Waals surface area contributed by atoms with Gasteiger partial charge in [0.2, 0.25) is 23.6 Å². The van der Waals surface area contributed by atoms with Crippen LogP contribution in [0.25, 0.3) is 0 Å². The van der Waals surface area contributed by atoms with Gasteiger partial charge in [-0.3, -0.25) is 9.59 Å². The van der Waals surface area contributed by atoms with E-state index in [-0.39, 0.29) is 61.2 Å². The van der Waals surface area contributed by atoms with Crippen molar-refractivity contribution in [3.8, 4) is 0 Å². The van der Waals surface area contributed by atoms with Crippen LogP contribution in [-0.4, -0.2) is 137 Å². The Bertz CT molecular complexity index is 1640. The topological polar surface area (TPSA) is 426 Å². The van der Waals surface area contributed by atoms with Crippen molar-refractivity contribution in [2.24, 2.45) is 11.5 Å². The number of nitrogens with zero attached hydrogens (tertiary/aromatic N) is 4. The third-order valence-corrected chi connectivity index (χ3v) is 8.74. The van der Waals surface area contributed by atoms with Gasteiger partial charge in [0.15, 0.2) is 23.7 Å². The molecule has 2 heterocycles. The summed E-state index contributed by atoms with van der Waals surface area (Å²) >= 11 is 0. The zero-order valence-corrected chi connectivity index (χ0v) is 37.2. The quantitative estimate of drug-likeness (QED) is 0.0478. The van der Waals surface area contributed by atoms with Gasteiger partial charge in [-0.1, -0.05) is 69.1 Å². The van der Waals surface area contributed by atoms with Gasteiger partial charge < -0.3 is 83.1 Å². The third kappa shape index (κ3) is 26.2. The number of aliphatic hydroxyl groups is 4. The average molecular weight is 919 g/mol. The van der Waals surface area contributed by atoms with Crippen LogP contribution in [0.1, 0.15) is 147 Å². The van der Waals surface area contributed by atoms with Crippen molar-refractivity contribution in [3.63, 3.8) is 0 Å². The molecule has 26 nitrogen and oxygen atoms in total. The molecule has 16 N–H and O–H groups in total. The molecule has 0 aliphatic carbocycles. The molecule has 0 aliphatic rings. The van der Waals surface area contributed by atoms with Crippen molar-refractivity contribution >= 4 is 35.8 Å². The van der Waals surface area contributed by atoms with Crippen molar-refractivity contribution in [2.75, 3.05) is 26.3 Å². The van der Waals surface area contributed by atoms with Crippen LogP contribution >= 0.6 is 0 Å². The molecule has 2 aromatic heterocycles. The molecule has 2 aromatic rings. The first-order valence-electron chi connectivity index (χ1n) is 21.1. The maximum Gasteiger partial charge on any atom is 0.328 e. The molecule has 0 saturated carbocycles. The molecule has 26 heteroatoms. The third-order valence-electron chi connectivity index (χ3n) is 8.74. The van der Waals surface area contributed by atoms with Gasteiger partial charge in [0.25, 0.3) is 0 Å². The molecule has 0 aromatic carbocycles. The summed E-state index contributed by atoms with van der Waals surface area (Å²) in [4.78, 5) is 76.2. The predicted octanol–water partition coefficient (Wildman–Crippen LogP) is -0.499. The molecule has 0 aliphatic heterocycles. The van der Waals surface area contributed by atoms with Crippen molar-refractivity contribution in [1.82, 2.24) is 52.2 Å². The largest absolute Gasteiger partial charge is 0.480 e. The highest BCUT2D eigenvalue weighted by molar-refractivity contribution is 5.83. The lowest BCUT2D eigenvalue weighted by atomic mass is 10.1. The Morgan fingerprint density at radius 2 is 1.14 bits per heavy atom. The Hall–Kier alpha value is -5.54. The van der Waals surface area contributed by atoms with Gasteiger partial charge in [-0.2, -0.15) is 9.97 Å². The first kappa shape index (κ1) is 58.5. The molecule has 0 radical (unpaired) electrons. The number of urea groups is 2. The second-order valence-corrected chi connectivity index (χ2v) is 14.6. The van der Waals surface area contributed by atoms with E-state index in [1.54, 1.807) is 6.92 Å². The van der Waals surface area contributed by atoms with Crippen LogP contribution in [-0.2, 0) is 25.7 Å². The lowest BCUT2D eigenvalue weighted by Crippen LogP contribution is -2.51. The number of carboxylic acids is 2. The van der Waals surface area contributed by atoms with E-state index < -0.39 is 73.0 Å². The van der Waals surface area contributed by atoms with Crippen LogP contribution in [0.2, 0.25) is 0 Å². The Balaban J connectivity index is 0.00000106. The Morgan fingerprint density at radius 1 is 0.656 bits per heavy atom. The van der Waals surface area contributed by atoms with Gasteiger partial charge in [-0.25, -0.2) is 19.2 Å². The lowest BCUT2D eigenvalue weighted by Gasteiger charge is -2.20. The van der Waals surface area contributed by atoms with Crippen molar-refractivity contribution in [1.29, 1.82) is 0 Å². The van der Waals surface area contributed by atoms with E-state index >= 15 is 0 Å². The number of aliphatic carboxylic acids is 2. The molecular formula is C38H70N12O14. The lowest BCUT2D eigenvalue weighted by molar-refractivity contribution is -0.142. The Kier molecular flexibility index (Phi) is 31.0. The van der Waals surface area contributed by atoms with Gasteiger partial charge >= 0.3 is 24.0 Å². The summed E-state index contributed by atoms with van der Waals surface area (Å²) in [5.41, 5.74) is 11.1. The molecule has 0 bridgehead atoms. The van der Waals surface area contributed by atoms with E-state index in [0.29, 0.717) is 6.54 Å². The van der Waals surface area contributed by atoms with Gasteiger partial charge in [-0.15, -0.1) is 0 Å². The van der Waals surface area contributed by atoms with Crippen molar-refractivity contribution in [3.05, 3.63) is 23.4 Å². The number of hydrogen-bond donors (Lipinski definition) is 14. The molecule has 7 unspecified atom stereocenters. The van der Waals surface area contributed by atoms with Crippen molar-refractivity contribution in [2.45, 2.75) is 154 Å². The summed E-state index contributed by atoms with van der Waals surface area (Å²) in [7, 11) is 0. The maximum atomic E-state index is 12.3. The molecule has 64 heavy (non-hydrogen) atoms. The summed E-state index contributed by atoms with van der Waals surface area (Å²) in [5, 5.41) is 76.3. The van der Waals surface area contributed by atoms with E-state index in [1.165, 1.54) is 39.5 Å². The van der Waals surface area contributed by atoms with E-state index in [0.717, 1.165) is 38.6 Å². The summed E-state index contributed by atoms with van der Waals surface area (Å²) in [5.74, 6) is -2.85. The number of nitrogens with two attached hydrogens (primary N) is 2. The molecule has 7 atom stereocenters. The molecule has 0 spiro atoms. The number of aliphatic hydroxyl groups excluding tert-OH is 4. The van der Waals surface area contributed by atoms with Gasteiger partial charge in [0.1, 0.15) is 6.04 Å². The second kappa shape index (κ2) is 33.9. The van der Waals surface area contributed by atoms with Crippen LogP contribution in [0.4, 0.5) is 9.59 Å². The zero-order chi connectivity index (χ0) is 48.6. The first-order chi connectivity index (χ1) is 30.3. The van der Waals surface area contributed by atoms with E-state index in [4.69, 9.17) is 40.9 Å². The summed E-state index contributed by atoms with van der Waals surface area (Å²) < 4.78 is 9.89. The fourth-order valence-corrected chi connectivity index (χ4v) is 5.05. The molecule has 6 amide bonds. The zero-order valence-electron chi connectivity index (χ0n) is 37.2. The minimum atomic E-state index is -1.54. The SMILES string of the molecule is CC(O)C(NC(=O)NCc1nc(C(N)CO)no1)C(=O)O.CCCCCCCNC(C)=O.CCCCCCNC(=O)CCC(NC(=O)NC(C(=O)O)C(C)O)c1nc(C(N)CO)no1. The molecule has 2 rings (SSSR count). The predicted molar refractivity (Wildman–Crippen MR) is 226 cm³/mol. The highest BCUT2D eigenvalue weighted by Crippen LogP contribution is 2.19. The smallest absolute Gasteiger partial charge is 0.328 e. The highest BCUT2D eigenvalue weighted by atomic mass is 16.5. The number of aromatic nitrogens is 4. The fraction of sp³-hybridized carbons (Fsp3) is 0.737. The van der Waals surface area contributed by atoms with Crippen LogP contribution in [0.15, 0.2) is 9.05 Å². The van der Waals surface area contributed by atoms with Crippen molar-refractivity contribution < 1.29 is 68.5 Å².